The predicted octanol–water partition coefficient (Wildman–Crippen LogP) is 1.14. The molecule has 208 valence electrons. The Hall–Kier alpha value is -3.22. The summed E-state index contributed by atoms with van der Waals surface area (Å²) in [6, 6.07) is 10.6. The minimum absolute atomic E-state index is 0.0830. The first kappa shape index (κ1) is 28.8. The van der Waals surface area contributed by atoms with Crippen LogP contribution in [0.2, 0.25) is 0 Å². The lowest BCUT2D eigenvalue weighted by molar-refractivity contribution is -0.143. The Bertz CT molecular complexity index is 1270. The van der Waals surface area contributed by atoms with Crippen molar-refractivity contribution in [3.8, 4) is 5.75 Å². The number of hydrogen-bond donors (Lipinski definition) is 6. The van der Waals surface area contributed by atoms with Crippen LogP contribution in [0.25, 0.3) is 0 Å². The van der Waals surface area contributed by atoms with Crippen LogP contribution in [0.15, 0.2) is 48.5 Å². The molecule has 2 aromatic carbocycles. The summed E-state index contributed by atoms with van der Waals surface area (Å²) in [7, 11) is 2.45. The molecule has 0 spiro atoms. The third-order valence-corrected chi connectivity index (χ3v) is 10.2. The van der Waals surface area contributed by atoms with E-state index in [1.165, 1.54) is 27.7 Å². The van der Waals surface area contributed by atoms with Crippen molar-refractivity contribution in [2.75, 3.05) is 5.75 Å². The second-order valence-electron chi connectivity index (χ2n) is 10.5. The molecule has 1 aliphatic carbocycles. The molecule has 12 heteroatoms. The Balaban J connectivity index is 1.58. The van der Waals surface area contributed by atoms with Crippen LogP contribution in [0.1, 0.15) is 30.5 Å². The van der Waals surface area contributed by atoms with Crippen molar-refractivity contribution < 1.29 is 29.4 Å². The van der Waals surface area contributed by atoms with E-state index in [-0.39, 0.29) is 30.8 Å². The van der Waals surface area contributed by atoms with E-state index < -0.39 is 52.1 Å². The van der Waals surface area contributed by atoms with E-state index in [2.05, 4.69) is 16.0 Å². The summed E-state index contributed by atoms with van der Waals surface area (Å²) in [5.41, 5.74) is 7.58. The Morgan fingerprint density at radius 1 is 1.05 bits per heavy atom. The maximum Gasteiger partial charge on any atom is 0.327 e. The first-order valence-electron chi connectivity index (χ1n) is 12.5. The number of fused-ring (bicyclic) bond motifs is 1. The summed E-state index contributed by atoms with van der Waals surface area (Å²) in [6.07, 6.45) is 0.577. The largest absolute Gasteiger partial charge is 0.508 e. The Kier molecular flexibility index (Phi) is 8.48. The molecule has 1 aliphatic heterocycles. The maximum absolute atomic E-state index is 13.5. The average Bonchev–Trinajstić information content (AvgIpc) is 3.21. The average molecular weight is 573 g/mol. The fourth-order valence-electron chi connectivity index (χ4n) is 4.75. The fraction of sp³-hybridized carbons (Fsp3) is 0.407. The lowest BCUT2D eigenvalue weighted by atomic mass is 9.95. The third-order valence-electron chi connectivity index (χ3n) is 6.93. The molecular weight excluding hydrogens is 540 g/mol. The highest BCUT2D eigenvalue weighted by atomic mass is 33.1. The minimum Gasteiger partial charge on any atom is -0.508 e. The molecule has 1 heterocycles. The zero-order valence-electron chi connectivity index (χ0n) is 21.6. The highest BCUT2D eigenvalue weighted by Gasteiger charge is 2.44. The molecule has 0 saturated carbocycles. The molecule has 2 aromatic rings. The van der Waals surface area contributed by atoms with E-state index in [9.17, 15) is 29.4 Å². The molecule has 1 unspecified atom stereocenters. The van der Waals surface area contributed by atoms with Crippen molar-refractivity contribution in [2.45, 2.75) is 61.5 Å². The van der Waals surface area contributed by atoms with E-state index in [1.54, 1.807) is 38.1 Å². The first-order valence-corrected chi connectivity index (χ1v) is 14.8. The SMILES string of the molecule is CC1(C)SSC[C@@H](NC(=O)[C@@]2(N)Cc3ccc(O)cc3C2)C(=O)NC(Cc2ccccc2)C(=O)N[C@H]1C(=O)O. The van der Waals surface area contributed by atoms with E-state index in [0.717, 1.165) is 16.7 Å². The Labute approximate surface area is 234 Å². The van der Waals surface area contributed by atoms with Gasteiger partial charge in [0.15, 0.2) is 0 Å². The standard InChI is InChI=1S/C27H32N4O6S2/c1-26(2)21(24(35)36)31-22(33)19(10-15-6-4-3-5-7-15)29-23(34)20(14-38-39-26)30-25(37)27(28)12-16-8-9-18(32)11-17(16)13-27/h3-9,11,19-21,32H,10,12-14,28H2,1-2H3,(H,29,34)(H,30,37)(H,31,33)(H,35,36)/t19?,20-,21+,27-/m1/s1. The zero-order valence-corrected chi connectivity index (χ0v) is 23.2. The van der Waals surface area contributed by atoms with Crippen LogP contribution in [-0.2, 0) is 38.4 Å². The normalized spacial score (nSPS) is 26.9. The van der Waals surface area contributed by atoms with Gasteiger partial charge in [-0.3, -0.25) is 14.4 Å². The highest BCUT2D eigenvalue weighted by Crippen LogP contribution is 2.39. The molecule has 39 heavy (non-hydrogen) atoms. The molecule has 7 N–H and O–H groups in total. The second kappa shape index (κ2) is 11.5. The molecule has 0 bridgehead atoms. The third kappa shape index (κ3) is 6.68. The number of phenolic OH excluding ortho intramolecular Hbond substituents is 1. The Morgan fingerprint density at radius 2 is 1.74 bits per heavy atom. The second-order valence-corrected chi connectivity index (χ2v) is 13.5. The van der Waals surface area contributed by atoms with Crippen molar-refractivity contribution in [1.82, 2.24) is 16.0 Å². The van der Waals surface area contributed by atoms with Crippen LogP contribution in [0.3, 0.4) is 0 Å². The van der Waals surface area contributed by atoms with Crippen molar-refractivity contribution in [1.29, 1.82) is 0 Å². The van der Waals surface area contributed by atoms with E-state index in [4.69, 9.17) is 5.73 Å². The summed E-state index contributed by atoms with van der Waals surface area (Å²) < 4.78 is -0.935. The monoisotopic (exact) mass is 572 g/mol. The molecule has 1 fully saturated rings. The summed E-state index contributed by atoms with van der Waals surface area (Å²) in [6.45, 7) is 3.41. The van der Waals surface area contributed by atoms with Crippen LogP contribution < -0.4 is 21.7 Å². The molecule has 1 saturated heterocycles. The van der Waals surface area contributed by atoms with E-state index in [1.807, 2.05) is 18.2 Å². The van der Waals surface area contributed by atoms with Gasteiger partial charge >= 0.3 is 5.97 Å². The number of benzene rings is 2. The van der Waals surface area contributed by atoms with Crippen LogP contribution in [0.5, 0.6) is 5.75 Å². The number of carboxylic acids is 1. The maximum atomic E-state index is 13.5. The number of aromatic hydroxyl groups is 1. The van der Waals surface area contributed by atoms with Gasteiger partial charge in [-0.2, -0.15) is 0 Å². The summed E-state index contributed by atoms with van der Waals surface area (Å²) in [5, 5.41) is 27.8. The predicted molar refractivity (Wildman–Crippen MR) is 150 cm³/mol. The molecule has 3 amide bonds. The number of phenols is 1. The molecular formula is C27H32N4O6S2. The van der Waals surface area contributed by atoms with Gasteiger partial charge in [0.1, 0.15) is 29.4 Å². The van der Waals surface area contributed by atoms with Gasteiger partial charge in [-0.25, -0.2) is 4.79 Å². The molecule has 4 rings (SSSR count). The lowest BCUT2D eigenvalue weighted by Gasteiger charge is -2.31. The van der Waals surface area contributed by atoms with Crippen molar-refractivity contribution in [3.05, 3.63) is 65.2 Å². The number of carbonyl (C=O) groups excluding carboxylic acids is 3. The zero-order chi connectivity index (χ0) is 28.4. The van der Waals surface area contributed by atoms with E-state index in [0.29, 0.717) is 0 Å². The number of rotatable bonds is 5. The van der Waals surface area contributed by atoms with Gasteiger partial charge in [0.05, 0.1) is 4.75 Å². The minimum atomic E-state index is -1.31. The van der Waals surface area contributed by atoms with Gasteiger partial charge in [0.25, 0.3) is 0 Å². The van der Waals surface area contributed by atoms with Crippen molar-refractivity contribution in [2.24, 2.45) is 5.73 Å². The summed E-state index contributed by atoms with van der Waals surface area (Å²) >= 11 is 0. The van der Waals surface area contributed by atoms with E-state index >= 15 is 0 Å². The van der Waals surface area contributed by atoms with Gasteiger partial charge in [-0.15, -0.1) is 0 Å². The fourth-order valence-corrected chi connectivity index (χ4v) is 7.56. The molecule has 2 aliphatic rings. The number of nitrogens with one attached hydrogen (secondary N) is 3. The smallest absolute Gasteiger partial charge is 0.327 e. The lowest BCUT2D eigenvalue weighted by Crippen LogP contribution is -2.62. The topological polar surface area (TPSA) is 171 Å². The van der Waals surface area contributed by atoms with Gasteiger partial charge in [0, 0.05) is 18.6 Å². The van der Waals surface area contributed by atoms with Crippen LogP contribution in [0.4, 0.5) is 0 Å². The summed E-state index contributed by atoms with van der Waals surface area (Å²) in [5.74, 6) is -2.71. The molecule has 0 radical (unpaired) electrons. The number of nitrogens with two attached hydrogens (primary N) is 1. The quantitative estimate of drug-likeness (QED) is 0.288. The van der Waals surface area contributed by atoms with Gasteiger partial charge in [-0.1, -0.05) is 58.0 Å². The summed E-state index contributed by atoms with van der Waals surface area (Å²) in [4.78, 5) is 52.3. The van der Waals surface area contributed by atoms with Crippen LogP contribution in [0, 0.1) is 0 Å². The number of carboxylic acid groups (broad SMARTS) is 1. The number of hydrogen-bond acceptors (Lipinski definition) is 8. The van der Waals surface area contributed by atoms with Gasteiger partial charge < -0.3 is 31.9 Å². The van der Waals surface area contributed by atoms with Gasteiger partial charge in [-0.05, 0) is 49.1 Å². The van der Waals surface area contributed by atoms with Gasteiger partial charge in [0.2, 0.25) is 17.7 Å². The van der Waals surface area contributed by atoms with Crippen LogP contribution >= 0.6 is 21.6 Å². The first-order chi connectivity index (χ1) is 18.4. The number of amides is 3. The molecule has 10 nitrogen and oxygen atoms in total. The molecule has 4 atom stereocenters. The van der Waals surface area contributed by atoms with Crippen molar-refractivity contribution in [3.63, 3.8) is 0 Å². The molecule has 0 aromatic heterocycles. The number of aliphatic carboxylic acids is 1. The Morgan fingerprint density at radius 3 is 2.44 bits per heavy atom. The highest BCUT2D eigenvalue weighted by molar-refractivity contribution is 8.77. The van der Waals surface area contributed by atoms with Crippen LogP contribution in [-0.4, -0.2) is 68.1 Å². The van der Waals surface area contributed by atoms with Crippen molar-refractivity contribution >= 4 is 45.3 Å². The number of carbonyl (C=O) groups is 4.